The first-order chi connectivity index (χ1) is 8.00. The number of primary amides is 1. The molecule has 2 heterocycles. The summed E-state index contributed by atoms with van der Waals surface area (Å²) in [5.41, 5.74) is 5.81. The molecule has 1 saturated heterocycles. The van der Waals surface area contributed by atoms with Crippen molar-refractivity contribution in [2.45, 2.75) is 6.42 Å². The minimum atomic E-state index is -0.333. The van der Waals surface area contributed by atoms with Gasteiger partial charge in [0.15, 0.2) is 0 Å². The number of carbonyl (C=O) groups is 2. The normalized spacial score (nSPS) is 19.6. The highest BCUT2D eigenvalue weighted by Gasteiger charge is 2.32. The molecule has 17 heavy (non-hydrogen) atoms. The summed E-state index contributed by atoms with van der Waals surface area (Å²) in [6.45, 7) is 0.989. The molecule has 1 aliphatic heterocycles. The summed E-state index contributed by atoms with van der Waals surface area (Å²) in [4.78, 5) is 24.9. The molecule has 92 valence electrons. The van der Waals surface area contributed by atoms with Gasteiger partial charge in [0.2, 0.25) is 5.91 Å². The maximum Gasteiger partial charge on any atom is 0.273 e. The summed E-state index contributed by atoms with van der Waals surface area (Å²) in [6.07, 6.45) is 2.30. The molecule has 6 nitrogen and oxygen atoms in total. The summed E-state index contributed by atoms with van der Waals surface area (Å²) >= 11 is 2.08. The van der Waals surface area contributed by atoms with Crippen LogP contribution in [0.1, 0.15) is 16.9 Å². The fourth-order valence-corrected chi connectivity index (χ4v) is 2.68. The third kappa shape index (κ3) is 2.28. The minimum absolute atomic E-state index is 0.0850. The number of rotatable bonds is 2. The van der Waals surface area contributed by atoms with Gasteiger partial charge in [-0.3, -0.25) is 14.3 Å². The van der Waals surface area contributed by atoms with Crippen LogP contribution in [0.2, 0.25) is 0 Å². The van der Waals surface area contributed by atoms with E-state index in [4.69, 9.17) is 5.73 Å². The van der Waals surface area contributed by atoms with E-state index >= 15 is 0 Å². The van der Waals surface area contributed by atoms with Crippen molar-refractivity contribution in [2.24, 2.45) is 18.7 Å². The van der Waals surface area contributed by atoms with Crippen LogP contribution in [0.4, 0.5) is 0 Å². The number of hydrogen-bond acceptors (Lipinski definition) is 3. The lowest BCUT2D eigenvalue weighted by molar-refractivity contribution is -0.121. The molecule has 0 radical (unpaired) electrons. The first-order valence-corrected chi connectivity index (χ1v) is 6.34. The van der Waals surface area contributed by atoms with Gasteiger partial charge in [0, 0.05) is 20.1 Å². The van der Waals surface area contributed by atoms with Crippen molar-refractivity contribution in [3.8, 4) is 0 Å². The van der Waals surface area contributed by atoms with Crippen molar-refractivity contribution in [3.05, 3.63) is 15.5 Å². The fourth-order valence-electron chi connectivity index (χ4n) is 1.98. The van der Waals surface area contributed by atoms with E-state index in [9.17, 15) is 9.59 Å². The van der Waals surface area contributed by atoms with Gasteiger partial charge in [-0.25, -0.2) is 0 Å². The highest BCUT2D eigenvalue weighted by Crippen LogP contribution is 2.20. The van der Waals surface area contributed by atoms with E-state index in [-0.39, 0.29) is 17.7 Å². The van der Waals surface area contributed by atoms with Crippen molar-refractivity contribution in [3.63, 3.8) is 0 Å². The summed E-state index contributed by atoms with van der Waals surface area (Å²) in [5.74, 6) is -0.636. The third-order valence-corrected chi connectivity index (χ3v) is 3.76. The van der Waals surface area contributed by atoms with E-state index < -0.39 is 0 Å². The molecule has 2 N–H and O–H groups in total. The highest BCUT2D eigenvalue weighted by molar-refractivity contribution is 14.1. The molecule has 0 aliphatic carbocycles. The molecule has 1 atom stereocenters. The smallest absolute Gasteiger partial charge is 0.273 e. The zero-order valence-electron chi connectivity index (χ0n) is 9.39. The van der Waals surface area contributed by atoms with Gasteiger partial charge in [0.25, 0.3) is 5.91 Å². The van der Waals surface area contributed by atoms with Crippen LogP contribution in [-0.4, -0.2) is 39.6 Å². The van der Waals surface area contributed by atoms with Gasteiger partial charge < -0.3 is 10.6 Å². The SMILES string of the molecule is Cn1ncc(I)c1C(=O)N1CCC(C(N)=O)C1. The van der Waals surface area contributed by atoms with Crippen LogP contribution in [0.3, 0.4) is 0 Å². The molecule has 2 amide bonds. The average Bonchev–Trinajstić information content (AvgIpc) is 2.85. The Morgan fingerprint density at radius 3 is 2.76 bits per heavy atom. The van der Waals surface area contributed by atoms with Crippen molar-refractivity contribution < 1.29 is 9.59 Å². The zero-order chi connectivity index (χ0) is 12.6. The minimum Gasteiger partial charge on any atom is -0.369 e. The molecule has 0 saturated carbocycles. The summed E-state index contributed by atoms with van der Waals surface area (Å²) in [5, 5.41) is 4.03. The Hall–Kier alpha value is -1.12. The number of nitrogens with zero attached hydrogens (tertiary/aromatic N) is 3. The van der Waals surface area contributed by atoms with Crippen LogP contribution in [0, 0.1) is 9.49 Å². The number of nitrogens with two attached hydrogens (primary N) is 1. The van der Waals surface area contributed by atoms with E-state index in [1.807, 2.05) is 0 Å². The standard InChI is InChI=1S/C10H13IN4O2/c1-14-8(7(11)4-13-14)10(17)15-3-2-6(5-15)9(12)16/h4,6H,2-3,5H2,1H3,(H2,12,16). The number of carbonyl (C=O) groups excluding carboxylic acids is 2. The average molecular weight is 348 g/mol. The summed E-state index contributed by atoms with van der Waals surface area (Å²) < 4.78 is 2.37. The van der Waals surface area contributed by atoms with Gasteiger partial charge in [-0.15, -0.1) is 0 Å². The zero-order valence-corrected chi connectivity index (χ0v) is 11.5. The Morgan fingerprint density at radius 2 is 2.29 bits per heavy atom. The van der Waals surface area contributed by atoms with Crippen LogP contribution in [0.25, 0.3) is 0 Å². The van der Waals surface area contributed by atoms with Crippen molar-refractivity contribution >= 4 is 34.4 Å². The van der Waals surface area contributed by atoms with E-state index in [1.165, 1.54) is 0 Å². The Labute approximate surface area is 112 Å². The molecule has 1 aromatic rings. The maximum atomic E-state index is 12.2. The number of likely N-dealkylation sites (tertiary alicyclic amines) is 1. The third-order valence-electron chi connectivity index (χ3n) is 2.97. The lowest BCUT2D eigenvalue weighted by Gasteiger charge is -2.16. The van der Waals surface area contributed by atoms with Crippen LogP contribution in [0.15, 0.2) is 6.20 Å². The summed E-state index contributed by atoms with van der Waals surface area (Å²) in [7, 11) is 1.73. The first-order valence-electron chi connectivity index (χ1n) is 5.26. The lowest BCUT2D eigenvalue weighted by atomic mass is 10.1. The Kier molecular flexibility index (Phi) is 3.36. The quantitative estimate of drug-likeness (QED) is 0.763. The molecule has 0 bridgehead atoms. The second-order valence-electron chi connectivity index (χ2n) is 4.10. The molecular weight excluding hydrogens is 335 g/mol. The number of aromatic nitrogens is 2. The highest BCUT2D eigenvalue weighted by atomic mass is 127. The second kappa shape index (κ2) is 4.63. The Bertz CT molecular complexity index is 451. The van der Waals surface area contributed by atoms with E-state index in [0.717, 1.165) is 3.57 Å². The van der Waals surface area contributed by atoms with Crippen molar-refractivity contribution in [1.29, 1.82) is 0 Å². The van der Waals surface area contributed by atoms with Crippen LogP contribution in [0.5, 0.6) is 0 Å². The van der Waals surface area contributed by atoms with Gasteiger partial charge in [0.05, 0.1) is 15.7 Å². The van der Waals surface area contributed by atoms with E-state index in [2.05, 4.69) is 27.7 Å². The predicted octanol–water partition coefficient (Wildman–Crippen LogP) is -0.0279. The predicted molar refractivity (Wildman–Crippen MR) is 69.1 cm³/mol. The molecule has 0 aromatic carbocycles. The molecule has 7 heteroatoms. The molecule has 1 aliphatic rings. The Morgan fingerprint density at radius 1 is 1.59 bits per heavy atom. The van der Waals surface area contributed by atoms with Gasteiger partial charge >= 0.3 is 0 Å². The van der Waals surface area contributed by atoms with Gasteiger partial charge in [-0.05, 0) is 29.0 Å². The maximum absolute atomic E-state index is 12.2. The number of hydrogen-bond donors (Lipinski definition) is 1. The Balaban J connectivity index is 2.15. The molecule has 1 fully saturated rings. The number of halogens is 1. The molecular formula is C10H13IN4O2. The fraction of sp³-hybridized carbons (Fsp3) is 0.500. The molecule has 1 aromatic heterocycles. The largest absolute Gasteiger partial charge is 0.369 e. The van der Waals surface area contributed by atoms with Crippen molar-refractivity contribution in [2.75, 3.05) is 13.1 Å². The first kappa shape index (κ1) is 12.3. The topological polar surface area (TPSA) is 81.2 Å². The summed E-state index contributed by atoms with van der Waals surface area (Å²) in [6, 6.07) is 0. The molecule has 0 spiro atoms. The molecule has 1 unspecified atom stereocenters. The van der Waals surface area contributed by atoms with Crippen LogP contribution in [-0.2, 0) is 11.8 Å². The van der Waals surface area contributed by atoms with E-state index in [1.54, 1.807) is 22.8 Å². The van der Waals surface area contributed by atoms with Gasteiger partial charge in [-0.2, -0.15) is 5.10 Å². The molecule has 2 rings (SSSR count). The number of amides is 2. The van der Waals surface area contributed by atoms with Gasteiger partial charge in [0.1, 0.15) is 5.69 Å². The van der Waals surface area contributed by atoms with Gasteiger partial charge in [-0.1, -0.05) is 0 Å². The van der Waals surface area contributed by atoms with Crippen LogP contribution < -0.4 is 5.73 Å². The van der Waals surface area contributed by atoms with Crippen molar-refractivity contribution in [1.82, 2.24) is 14.7 Å². The lowest BCUT2D eigenvalue weighted by Crippen LogP contribution is -2.33. The monoisotopic (exact) mass is 348 g/mol. The second-order valence-corrected chi connectivity index (χ2v) is 5.27. The number of aryl methyl sites for hydroxylation is 1. The van der Waals surface area contributed by atoms with Crippen LogP contribution >= 0.6 is 22.6 Å². The van der Waals surface area contributed by atoms with E-state index in [0.29, 0.717) is 25.2 Å².